The SMILES string of the molecule is CCC#CCN(CCC)C(=O)C1=Cc2sccc2N=C(N)C1. The summed E-state index contributed by atoms with van der Waals surface area (Å²) < 4.78 is 0. The second kappa shape index (κ2) is 7.81. The maximum atomic E-state index is 12.8. The Balaban J connectivity index is 2.24. The zero-order valence-corrected chi connectivity index (χ0v) is 13.9. The summed E-state index contributed by atoms with van der Waals surface area (Å²) in [5.41, 5.74) is 7.48. The van der Waals surface area contributed by atoms with Crippen molar-refractivity contribution in [1.29, 1.82) is 0 Å². The molecule has 0 bridgehead atoms. The van der Waals surface area contributed by atoms with Crippen LogP contribution in [0.2, 0.25) is 0 Å². The molecule has 116 valence electrons. The normalized spacial score (nSPS) is 13.2. The maximum absolute atomic E-state index is 12.8. The van der Waals surface area contributed by atoms with Crippen LogP contribution in [0.4, 0.5) is 5.69 Å². The molecule has 0 spiro atoms. The fourth-order valence-corrected chi connectivity index (χ4v) is 3.04. The van der Waals surface area contributed by atoms with Crippen LogP contribution in [0.15, 0.2) is 22.0 Å². The van der Waals surface area contributed by atoms with Crippen LogP contribution in [0.5, 0.6) is 0 Å². The van der Waals surface area contributed by atoms with E-state index >= 15 is 0 Å². The molecule has 2 heterocycles. The number of amides is 1. The van der Waals surface area contributed by atoms with Crippen molar-refractivity contribution in [3.05, 3.63) is 21.9 Å². The number of amidine groups is 1. The van der Waals surface area contributed by atoms with E-state index in [1.807, 2.05) is 24.4 Å². The van der Waals surface area contributed by atoms with Crippen molar-refractivity contribution in [2.24, 2.45) is 10.7 Å². The van der Waals surface area contributed by atoms with Gasteiger partial charge in [0.2, 0.25) is 0 Å². The second-order valence-corrected chi connectivity index (χ2v) is 6.00. The molecule has 1 aromatic heterocycles. The molecule has 2 rings (SSSR count). The average Bonchev–Trinajstić information content (AvgIpc) is 2.85. The summed E-state index contributed by atoms with van der Waals surface area (Å²) in [6.45, 7) is 5.22. The minimum Gasteiger partial charge on any atom is -0.387 e. The number of nitrogens with two attached hydrogens (primary N) is 1. The summed E-state index contributed by atoms with van der Waals surface area (Å²) in [6.07, 6.45) is 4.01. The van der Waals surface area contributed by atoms with Crippen LogP contribution in [0.25, 0.3) is 6.08 Å². The number of rotatable bonds is 4. The van der Waals surface area contributed by atoms with Gasteiger partial charge in [-0.25, -0.2) is 4.99 Å². The molecule has 0 saturated heterocycles. The smallest absolute Gasteiger partial charge is 0.251 e. The third-order valence-corrected chi connectivity index (χ3v) is 4.09. The van der Waals surface area contributed by atoms with Gasteiger partial charge >= 0.3 is 0 Å². The monoisotopic (exact) mass is 315 g/mol. The van der Waals surface area contributed by atoms with Gasteiger partial charge in [-0.05, 0) is 23.9 Å². The Hall–Kier alpha value is -2.06. The number of fused-ring (bicyclic) bond motifs is 1. The molecule has 0 unspecified atom stereocenters. The molecule has 0 atom stereocenters. The topological polar surface area (TPSA) is 58.7 Å². The first-order valence-electron chi connectivity index (χ1n) is 7.51. The lowest BCUT2D eigenvalue weighted by atomic mass is 10.1. The van der Waals surface area contributed by atoms with Gasteiger partial charge in [0, 0.05) is 25.0 Å². The Morgan fingerprint density at radius 3 is 3.00 bits per heavy atom. The molecule has 1 amide bonds. The van der Waals surface area contributed by atoms with E-state index in [1.165, 1.54) is 0 Å². The predicted molar refractivity (Wildman–Crippen MR) is 93.1 cm³/mol. The molecular weight excluding hydrogens is 294 g/mol. The Morgan fingerprint density at radius 2 is 2.27 bits per heavy atom. The number of thiophene rings is 1. The summed E-state index contributed by atoms with van der Waals surface area (Å²) in [4.78, 5) is 19.9. The van der Waals surface area contributed by atoms with Crippen LogP contribution in [-0.2, 0) is 4.79 Å². The molecule has 0 aliphatic carbocycles. The molecule has 4 nitrogen and oxygen atoms in total. The van der Waals surface area contributed by atoms with Crippen LogP contribution in [0, 0.1) is 11.8 Å². The fraction of sp³-hybridized carbons (Fsp3) is 0.412. The van der Waals surface area contributed by atoms with Gasteiger partial charge < -0.3 is 10.6 Å². The van der Waals surface area contributed by atoms with Gasteiger partial charge in [-0.2, -0.15) is 0 Å². The van der Waals surface area contributed by atoms with Gasteiger partial charge in [-0.3, -0.25) is 4.79 Å². The summed E-state index contributed by atoms with van der Waals surface area (Å²) >= 11 is 1.57. The number of nitrogens with zero attached hydrogens (tertiary/aromatic N) is 2. The second-order valence-electron chi connectivity index (χ2n) is 5.05. The van der Waals surface area contributed by atoms with Crippen molar-refractivity contribution in [1.82, 2.24) is 4.90 Å². The van der Waals surface area contributed by atoms with E-state index in [1.54, 1.807) is 16.2 Å². The molecule has 0 radical (unpaired) electrons. The minimum absolute atomic E-state index is 0.00616. The Bertz CT molecular complexity index is 661. The molecule has 5 heteroatoms. The van der Waals surface area contributed by atoms with Crippen LogP contribution in [-0.4, -0.2) is 29.7 Å². The predicted octanol–water partition coefficient (Wildman–Crippen LogP) is 3.18. The summed E-state index contributed by atoms with van der Waals surface area (Å²) in [5, 5.41) is 1.96. The summed E-state index contributed by atoms with van der Waals surface area (Å²) in [5.74, 6) is 6.55. The zero-order valence-electron chi connectivity index (χ0n) is 13.1. The number of aliphatic imine (C=N–C) groups is 1. The zero-order chi connectivity index (χ0) is 15.9. The van der Waals surface area contributed by atoms with Crippen molar-refractivity contribution in [2.75, 3.05) is 13.1 Å². The van der Waals surface area contributed by atoms with Crippen LogP contribution in [0.3, 0.4) is 0 Å². The van der Waals surface area contributed by atoms with Gasteiger partial charge in [-0.1, -0.05) is 19.8 Å². The minimum atomic E-state index is 0.00616. The lowest BCUT2D eigenvalue weighted by molar-refractivity contribution is -0.126. The highest BCUT2D eigenvalue weighted by atomic mass is 32.1. The van der Waals surface area contributed by atoms with Gasteiger partial charge in [-0.15, -0.1) is 17.3 Å². The first kappa shape index (κ1) is 16.3. The van der Waals surface area contributed by atoms with E-state index in [9.17, 15) is 4.79 Å². The van der Waals surface area contributed by atoms with Gasteiger partial charge in [0.15, 0.2) is 0 Å². The van der Waals surface area contributed by atoms with Crippen LogP contribution < -0.4 is 5.73 Å². The van der Waals surface area contributed by atoms with E-state index in [0.717, 1.165) is 23.4 Å². The molecule has 1 aromatic rings. The molecule has 1 aliphatic rings. The van der Waals surface area contributed by atoms with Crippen molar-refractivity contribution in [3.8, 4) is 11.8 Å². The molecule has 0 saturated carbocycles. The average molecular weight is 315 g/mol. The molecule has 22 heavy (non-hydrogen) atoms. The number of carbonyl (C=O) groups is 1. The first-order valence-corrected chi connectivity index (χ1v) is 8.39. The first-order chi connectivity index (χ1) is 10.7. The van der Waals surface area contributed by atoms with E-state index < -0.39 is 0 Å². The van der Waals surface area contributed by atoms with Crippen molar-refractivity contribution in [2.45, 2.75) is 33.1 Å². The van der Waals surface area contributed by atoms with E-state index in [2.05, 4.69) is 23.8 Å². The maximum Gasteiger partial charge on any atom is 0.251 e. The number of carbonyl (C=O) groups excluding carboxylic acids is 1. The van der Waals surface area contributed by atoms with E-state index in [-0.39, 0.29) is 5.91 Å². The highest BCUT2D eigenvalue weighted by Gasteiger charge is 2.21. The van der Waals surface area contributed by atoms with E-state index in [0.29, 0.717) is 30.9 Å². The molecule has 0 aromatic carbocycles. The van der Waals surface area contributed by atoms with Gasteiger partial charge in [0.05, 0.1) is 17.1 Å². The fourth-order valence-electron chi connectivity index (χ4n) is 2.25. The van der Waals surface area contributed by atoms with Crippen molar-refractivity contribution in [3.63, 3.8) is 0 Å². The number of hydrogen-bond acceptors (Lipinski definition) is 4. The third-order valence-electron chi connectivity index (χ3n) is 3.24. The van der Waals surface area contributed by atoms with Gasteiger partial charge in [0.25, 0.3) is 5.91 Å². The van der Waals surface area contributed by atoms with Crippen molar-refractivity contribution < 1.29 is 4.79 Å². The molecular formula is C17H21N3OS. The molecule has 0 fully saturated rings. The Labute approximate surface area is 135 Å². The summed E-state index contributed by atoms with van der Waals surface area (Å²) in [6, 6.07) is 1.92. The lowest BCUT2D eigenvalue weighted by Crippen LogP contribution is -2.34. The van der Waals surface area contributed by atoms with Crippen LogP contribution >= 0.6 is 11.3 Å². The van der Waals surface area contributed by atoms with Crippen molar-refractivity contribution >= 4 is 34.8 Å². The summed E-state index contributed by atoms with van der Waals surface area (Å²) in [7, 11) is 0. The molecule has 2 N–H and O–H groups in total. The largest absolute Gasteiger partial charge is 0.387 e. The standard InChI is InChI=1S/C17H21N3OS/c1-3-5-6-9-20(8-4-2)17(21)13-11-15-14(7-10-22-15)19-16(18)12-13/h7,10-11H,3-4,8-9,12H2,1-2H3,(H2,18,19). The Morgan fingerprint density at radius 1 is 1.45 bits per heavy atom. The quantitative estimate of drug-likeness (QED) is 0.868. The van der Waals surface area contributed by atoms with E-state index in [4.69, 9.17) is 5.73 Å². The number of hydrogen-bond donors (Lipinski definition) is 1. The highest BCUT2D eigenvalue weighted by molar-refractivity contribution is 7.11. The molecule has 1 aliphatic heterocycles. The van der Waals surface area contributed by atoms with Crippen LogP contribution in [0.1, 0.15) is 38.0 Å². The lowest BCUT2D eigenvalue weighted by Gasteiger charge is -2.20. The Kier molecular flexibility index (Phi) is 5.79. The van der Waals surface area contributed by atoms with Gasteiger partial charge in [0.1, 0.15) is 5.84 Å². The highest BCUT2D eigenvalue weighted by Crippen LogP contribution is 2.31. The third kappa shape index (κ3) is 3.99.